The van der Waals surface area contributed by atoms with Gasteiger partial charge in [0.1, 0.15) is 0 Å². The summed E-state index contributed by atoms with van der Waals surface area (Å²) in [6.07, 6.45) is 9.53. The number of nitrogens with zero attached hydrogens (tertiary/aromatic N) is 1. The second-order valence-electron chi connectivity index (χ2n) is 5.10. The van der Waals surface area contributed by atoms with E-state index in [1.54, 1.807) is 0 Å². The zero-order valence-electron chi connectivity index (χ0n) is 11.3. The molecule has 0 radical (unpaired) electrons. The molecule has 0 bridgehead atoms. The molecule has 0 aromatic heterocycles. The molecule has 0 aromatic carbocycles. The molecule has 0 saturated heterocycles. The van der Waals surface area contributed by atoms with Gasteiger partial charge in [-0.05, 0) is 32.7 Å². The van der Waals surface area contributed by atoms with Crippen LogP contribution in [0.2, 0.25) is 0 Å². The summed E-state index contributed by atoms with van der Waals surface area (Å²) < 4.78 is 0. The van der Waals surface area contributed by atoms with E-state index in [-0.39, 0.29) is 5.92 Å². The lowest BCUT2D eigenvalue weighted by Crippen LogP contribution is -2.37. The van der Waals surface area contributed by atoms with Gasteiger partial charge in [-0.2, -0.15) is 0 Å². The van der Waals surface area contributed by atoms with Crippen LogP contribution in [0.15, 0.2) is 0 Å². The minimum atomic E-state index is 0.285. The number of amides is 1. The zero-order valence-corrected chi connectivity index (χ0v) is 11.3. The summed E-state index contributed by atoms with van der Waals surface area (Å²) in [6, 6.07) is 0. The Hall–Kier alpha value is -0.570. The van der Waals surface area contributed by atoms with Crippen LogP contribution in [0.5, 0.6) is 0 Å². The van der Waals surface area contributed by atoms with E-state index < -0.39 is 0 Å². The lowest BCUT2D eigenvalue weighted by molar-refractivity contribution is -0.136. The highest BCUT2D eigenvalue weighted by Gasteiger charge is 2.23. The van der Waals surface area contributed by atoms with Crippen molar-refractivity contribution >= 4 is 5.91 Å². The van der Waals surface area contributed by atoms with Crippen molar-refractivity contribution in [1.29, 1.82) is 0 Å². The number of nitrogens with two attached hydrogens (primary N) is 1. The third-order valence-corrected chi connectivity index (χ3v) is 3.78. The monoisotopic (exact) mass is 240 g/mol. The number of carbonyl (C=O) groups excluding carboxylic acids is 1. The van der Waals surface area contributed by atoms with Gasteiger partial charge in [-0.3, -0.25) is 4.79 Å². The second-order valence-corrected chi connectivity index (χ2v) is 5.10. The predicted octanol–water partition coefficient (Wildman–Crippen LogP) is 2.54. The minimum Gasteiger partial charge on any atom is -0.343 e. The normalized spacial score (nSPS) is 18.5. The van der Waals surface area contributed by atoms with E-state index in [1.165, 1.54) is 32.1 Å². The van der Waals surface area contributed by atoms with Crippen molar-refractivity contribution in [3.8, 4) is 0 Å². The van der Waals surface area contributed by atoms with Crippen LogP contribution in [0, 0.1) is 5.92 Å². The molecule has 0 unspecified atom stereocenters. The van der Waals surface area contributed by atoms with Gasteiger partial charge in [0.15, 0.2) is 0 Å². The van der Waals surface area contributed by atoms with E-state index in [4.69, 9.17) is 5.73 Å². The second kappa shape index (κ2) is 8.51. The van der Waals surface area contributed by atoms with Gasteiger partial charge in [0.25, 0.3) is 0 Å². The summed E-state index contributed by atoms with van der Waals surface area (Å²) in [6.45, 7) is 4.41. The molecule has 0 heterocycles. The van der Waals surface area contributed by atoms with Crippen molar-refractivity contribution < 1.29 is 4.79 Å². The Bertz CT molecular complexity index is 210. The smallest absolute Gasteiger partial charge is 0.225 e. The summed E-state index contributed by atoms with van der Waals surface area (Å²) >= 11 is 0. The first-order valence-electron chi connectivity index (χ1n) is 7.28. The molecule has 100 valence electrons. The third-order valence-electron chi connectivity index (χ3n) is 3.78. The van der Waals surface area contributed by atoms with E-state index in [1.807, 2.05) is 4.90 Å². The number of carbonyl (C=O) groups is 1. The van der Waals surface area contributed by atoms with Crippen LogP contribution in [0.1, 0.15) is 58.3 Å². The van der Waals surface area contributed by atoms with Gasteiger partial charge in [-0.1, -0.05) is 32.1 Å². The van der Waals surface area contributed by atoms with Crippen molar-refractivity contribution in [1.82, 2.24) is 4.90 Å². The van der Waals surface area contributed by atoms with Crippen molar-refractivity contribution in [2.45, 2.75) is 58.3 Å². The number of hydrogen-bond donors (Lipinski definition) is 1. The van der Waals surface area contributed by atoms with Gasteiger partial charge in [-0.25, -0.2) is 0 Å². The maximum atomic E-state index is 12.4. The first-order valence-corrected chi connectivity index (χ1v) is 7.28. The Morgan fingerprint density at radius 1 is 1.18 bits per heavy atom. The third kappa shape index (κ3) is 5.07. The van der Waals surface area contributed by atoms with Crippen LogP contribution in [0.3, 0.4) is 0 Å². The molecule has 1 fully saturated rings. The average molecular weight is 240 g/mol. The summed E-state index contributed by atoms with van der Waals surface area (Å²) in [4.78, 5) is 14.4. The van der Waals surface area contributed by atoms with Gasteiger partial charge < -0.3 is 10.6 Å². The van der Waals surface area contributed by atoms with E-state index in [0.29, 0.717) is 12.5 Å². The van der Waals surface area contributed by atoms with E-state index in [2.05, 4.69) is 6.92 Å². The molecule has 0 spiro atoms. The van der Waals surface area contributed by atoms with Crippen LogP contribution in [0.25, 0.3) is 0 Å². The highest BCUT2D eigenvalue weighted by Crippen LogP contribution is 2.24. The molecular formula is C14H28N2O. The molecule has 0 aromatic rings. The fourth-order valence-corrected chi connectivity index (χ4v) is 2.67. The predicted molar refractivity (Wildman–Crippen MR) is 71.7 cm³/mol. The van der Waals surface area contributed by atoms with Crippen molar-refractivity contribution in [3.05, 3.63) is 0 Å². The van der Waals surface area contributed by atoms with Crippen LogP contribution < -0.4 is 5.73 Å². The Morgan fingerprint density at radius 2 is 1.76 bits per heavy atom. The van der Waals surface area contributed by atoms with E-state index >= 15 is 0 Å². The molecule has 0 aliphatic heterocycles. The molecule has 0 atom stereocenters. The Labute approximate surface area is 106 Å². The Kier molecular flexibility index (Phi) is 7.25. The molecule has 1 rings (SSSR count). The SMILES string of the molecule is CCN(CCCN)C(=O)C1CCCCCCC1. The van der Waals surface area contributed by atoms with Crippen molar-refractivity contribution in [2.24, 2.45) is 11.7 Å². The Morgan fingerprint density at radius 3 is 2.29 bits per heavy atom. The first-order chi connectivity index (χ1) is 8.29. The molecule has 3 nitrogen and oxygen atoms in total. The maximum absolute atomic E-state index is 12.4. The van der Waals surface area contributed by atoms with Gasteiger partial charge in [0, 0.05) is 19.0 Å². The maximum Gasteiger partial charge on any atom is 0.225 e. The van der Waals surface area contributed by atoms with Gasteiger partial charge in [0.05, 0.1) is 0 Å². The highest BCUT2D eigenvalue weighted by molar-refractivity contribution is 5.78. The van der Waals surface area contributed by atoms with Gasteiger partial charge in [-0.15, -0.1) is 0 Å². The van der Waals surface area contributed by atoms with Crippen LogP contribution in [0.4, 0.5) is 0 Å². The fourth-order valence-electron chi connectivity index (χ4n) is 2.67. The average Bonchev–Trinajstić information content (AvgIpc) is 2.29. The van der Waals surface area contributed by atoms with Crippen LogP contribution in [-0.4, -0.2) is 30.4 Å². The van der Waals surface area contributed by atoms with E-state index in [9.17, 15) is 4.79 Å². The molecule has 17 heavy (non-hydrogen) atoms. The summed E-state index contributed by atoms with van der Waals surface area (Å²) in [5.41, 5.74) is 5.52. The standard InChI is InChI=1S/C14H28N2O/c1-2-16(12-8-11-15)14(17)13-9-6-4-3-5-7-10-13/h13H,2-12,15H2,1H3. The molecule has 1 aliphatic carbocycles. The molecule has 1 saturated carbocycles. The quantitative estimate of drug-likeness (QED) is 0.802. The minimum absolute atomic E-state index is 0.285. The van der Waals surface area contributed by atoms with Crippen LogP contribution in [-0.2, 0) is 4.79 Å². The fraction of sp³-hybridized carbons (Fsp3) is 0.929. The van der Waals surface area contributed by atoms with Crippen molar-refractivity contribution in [3.63, 3.8) is 0 Å². The lowest BCUT2D eigenvalue weighted by atomic mass is 9.90. The summed E-state index contributed by atoms with van der Waals surface area (Å²) in [7, 11) is 0. The topological polar surface area (TPSA) is 46.3 Å². The molecular weight excluding hydrogens is 212 g/mol. The molecule has 1 amide bonds. The summed E-state index contributed by atoms with van der Waals surface area (Å²) in [5.74, 6) is 0.663. The number of hydrogen-bond acceptors (Lipinski definition) is 2. The van der Waals surface area contributed by atoms with E-state index in [0.717, 1.165) is 32.4 Å². The largest absolute Gasteiger partial charge is 0.343 e. The zero-order chi connectivity index (χ0) is 12.5. The van der Waals surface area contributed by atoms with Gasteiger partial charge in [0.2, 0.25) is 5.91 Å². The van der Waals surface area contributed by atoms with Crippen LogP contribution >= 0.6 is 0 Å². The highest BCUT2D eigenvalue weighted by atomic mass is 16.2. The molecule has 1 aliphatic rings. The first kappa shape index (κ1) is 14.5. The molecule has 3 heteroatoms. The number of rotatable bonds is 5. The van der Waals surface area contributed by atoms with Gasteiger partial charge >= 0.3 is 0 Å². The van der Waals surface area contributed by atoms with Crippen molar-refractivity contribution in [2.75, 3.05) is 19.6 Å². The lowest BCUT2D eigenvalue weighted by Gasteiger charge is -2.27. The summed E-state index contributed by atoms with van der Waals surface area (Å²) in [5, 5.41) is 0. The Balaban J connectivity index is 2.45. The molecule has 2 N–H and O–H groups in total.